The van der Waals surface area contributed by atoms with E-state index in [1.165, 1.54) is 45.4 Å². The Labute approximate surface area is 233 Å². The van der Waals surface area contributed by atoms with Crippen LogP contribution < -0.4 is 16.0 Å². The van der Waals surface area contributed by atoms with Crippen molar-refractivity contribution in [2.45, 2.75) is 103 Å². The van der Waals surface area contributed by atoms with Crippen LogP contribution in [-0.2, 0) is 30.5 Å². The molecule has 0 aromatic carbocycles. The highest BCUT2D eigenvalue weighted by Crippen LogP contribution is 2.14. The number of oxazole rings is 1. The fourth-order valence-electron chi connectivity index (χ4n) is 3.60. The zero-order valence-electron chi connectivity index (χ0n) is 23.2. The zero-order valence-corrected chi connectivity index (χ0v) is 24.0. The lowest BCUT2D eigenvalue weighted by Crippen LogP contribution is -2.57. The summed E-state index contributed by atoms with van der Waals surface area (Å²) in [5.74, 6) is -1.73. The second-order valence-corrected chi connectivity index (χ2v) is 11.1. The van der Waals surface area contributed by atoms with Gasteiger partial charge in [-0.05, 0) is 39.7 Å². The van der Waals surface area contributed by atoms with Gasteiger partial charge in [0.15, 0.2) is 10.8 Å². The van der Waals surface area contributed by atoms with Gasteiger partial charge in [0.2, 0.25) is 17.7 Å². The Bertz CT molecular complexity index is 1040. The molecule has 11 nitrogen and oxygen atoms in total. The summed E-state index contributed by atoms with van der Waals surface area (Å²) in [5, 5.41) is 7.88. The third-order valence-electron chi connectivity index (χ3n) is 5.95. The standard InChI is InChI=1S/C27H40N4O7S/c1-5-6-7-8-9-13-23(33)39-14-11-10-12-19-15-21(32)28-16-22-30-20(17-37-22)24(34)31-27(3,4)26(36)29-18(2)25(35)38-19/h10,12,17-19H,5-9,11,13-16H2,1-4H3,(H,28,32)(H,29,36)(H,31,34). The zero-order chi connectivity index (χ0) is 28.8. The normalized spacial score (nSPS) is 20.7. The number of hydrogen-bond acceptors (Lipinski definition) is 9. The largest absolute Gasteiger partial charge is 0.456 e. The van der Waals surface area contributed by atoms with Gasteiger partial charge >= 0.3 is 5.97 Å². The van der Waals surface area contributed by atoms with Crippen LogP contribution in [0, 0.1) is 0 Å². The molecule has 216 valence electrons. The fraction of sp³-hybridized carbons (Fsp3) is 0.630. The molecule has 0 radical (unpaired) electrons. The molecule has 3 N–H and O–H groups in total. The van der Waals surface area contributed by atoms with Gasteiger partial charge in [0.05, 0.1) is 13.0 Å². The van der Waals surface area contributed by atoms with Crippen molar-refractivity contribution in [2.75, 3.05) is 5.75 Å². The minimum atomic E-state index is -1.36. The Morgan fingerprint density at radius 2 is 1.92 bits per heavy atom. The number of nitrogens with zero attached hydrogens (tertiary/aromatic N) is 1. The molecule has 0 saturated carbocycles. The highest BCUT2D eigenvalue weighted by molar-refractivity contribution is 8.13. The van der Waals surface area contributed by atoms with Crippen LogP contribution in [0.25, 0.3) is 0 Å². The van der Waals surface area contributed by atoms with E-state index in [2.05, 4.69) is 27.9 Å². The number of allylic oxidation sites excluding steroid dienone is 1. The van der Waals surface area contributed by atoms with Gasteiger partial charge in [0.1, 0.15) is 23.9 Å². The first kappa shape index (κ1) is 32.1. The van der Waals surface area contributed by atoms with E-state index in [0.29, 0.717) is 18.6 Å². The van der Waals surface area contributed by atoms with E-state index in [-0.39, 0.29) is 29.7 Å². The Morgan fingerprint density at radius 1 is 1.18 bits per heavy atom. The van der Waals surface area contributed by atoms with Crippen LogP contribution in [0.15, 0.2) is 22.8 Å². The number of carbonyl (C=O) groups is 5. The molecule has 1 aliphatic heterocycles. The first-order valence-electron chi connectivity index (χ1n) is 13.4. The number of cyclic esters (lactones) is 1. The lowest BCUT2D eigenvalue weighted by molar-refractivity contribution is -0.151. The Hall–Kier alpha value is -3.15. The highest BCUT2D eigenvalue weighted by atomic mass is 32.2. The number of ether oxygens (including phenoxy) is 1. The van der Waals surface area contributed by atoms with E-state index < -0.39 is 41.4 Å². The first-order valence-corrected chi connectivity index (χ1v) is 14.4. The van der Waals surface area contributed by atoms with Crippen molar-refractivity contribution in [3.05, 3.63) is 30.0 Å². The minimum absolute atomic E-state index is 0.0478. The van der Waals surface area contributed by atoms with Gasteiger partial charge in [-0.15, -0.1) is 0 Å². The topological polar surface area (TPSA) is 157 Å². The summed E-state index contributed by atoms with van der Waals surface area (Å²) in [6, 6.07) is -1.04. The molecule has 0 saturated heterocycles. The monoisotopic (exact) mass is 564 g/mol. The van der Waals surface area contributed by atoms with Crippen molar-refractivity contribution in [3.63, 3.8) is 0 Å². The summed E-state index contributed by atoms with van der Waals surface area (Å²) in [7, 11) is 0. The predicted octanol–water partition coefficient (Wildman–Crippen LogP) is 3.19. The van der Waals surface area contributed by atoms with Gasteiger partial charge in [0.25, 0.3) is 5.91 Å². The molecule has 2 rings (SSSR count). The smallest absolute Gasteiger partial charge is 0.328 e. The molecule has 1 aromatic heterocycles. The molecule has 0 aliphatic carbocycles. The quantitative estimate of drug-likeness (QED) is 0.221. The third kappa shape index (κ3) is 11.6. The van der Waals surface area contributed by atoms with Crippen molar-refractivity contribution < 1.29 is 33.1 Å². The van der Waals surface area contributed by atoms with Crippen molar-refractivity contribution in [2.24, 2.45) is 0 Å². The first-order chi connectivity index (χ1) is 18.5. The molecular formula is C27H40N4O7S. The van der Waals surface area contributed by atoms with Gasteiger partial charge in [-0.25, -0.2) is 9.78 Å². The molecule has 2 unspecified atom stereocenters. The second-order valence-electron chi connectivity index (χ2n) is 9.96. The third-order valence-corrected chi connectivity index (χ3v) is 6.92. The molecule has 2 bridgehead atoms. The fourth-order valence-corrected chi connectivity index (χ4v) is 4.37. The maximum atomic E-state index is 12.8. The SMILES string of the molecule is CCCCCCCC(=O)SCCC=CC1CC(=O)NCc2nc(co2)C(=O)NC(C)(C)C(=O)NC(C)C(=O)O1. The number of aromatic nitrogens is 1. The number of nitrogens with one attached hydrogen (secondary N) is 3. The average molecular weight is 565 g/mol. The maximum Gasteiger partial charge on any atom is 0.328 e. The lowest BCUT2D eigenvalue weighted by atomic mass is 10.0. The van der Waals surface area contributed by atoms with E-state index in [0.717, 1.165) is 25.5 Å². The number of amides is 3. The number of rotatable bonds is 10. The second kappa shape index (κ2) is 16.1. The summed E-state index contributed by atoms with van der Waals surface area (Å²) in [5.41, 5.74) is -1.41. The Kier molecular flexibility index (Phi) is 13.2. The van der Waals surface area contributed by atoms with Crippen LogP contribution in [0.1, 0.15) is 95.4 Å². The van der Waals surface area contributed by atoms with Crippen LogP contribution in [0.2, 0.25) is 0 Å². The molecular weight excluding hydrogens is 524 g/mol. The number of hydrogen-bond donors (Lipinski definition) is 3. The lowest BCUT2D eigenvalue weighted by Gasteiger charge is -2.26. The van der Waals surface area contributed by atoms with Crippen molar-refractivity contribution in [3.8, 4) is 0 Å². The van der Waals surface area contributed by atoms with Gasteiger partial charge in [-0.1, -0.05) is 50.4 Å². The van der Waals surface area contributed by atoms with E-state index in [4.69, 9.17) is 9.15 Å². The van der Waals surface area contributed by atoms with Gasteiger partial charge in [0, 0.05) is 12.2 Å². The number of thioether (sulfide) groups is 1. The minimum Gasteiger partial charge on any atom is -0.456 e. The molecule has 39 heavy (non-hydrogen) atoms. The van der Waals surface area contributed by atoms with Crippen molar-refractivity contribution in [1.29, 1.82) is 0 Å². The summed E-state index contributed by atoms with van der Waals surface area (Å²) in [4.78, 5) is 66.6. The molecule has 0 spiro atoms. The van der Waals surface area contributed by atoms with Gasteiger partial charge in [-0.3, -0.25) is 19.2 Å². The van der Waals surface area contributed by atoms with E-state index in [9.17, 15) is 24.0 Å². The molecule has 2 heterocycles. The predicted molar refractivity (Wildman–Crippen MR) is 147 cm³/mol. The molecule has 1 aromatic rings. The maximum absolute atomic E-state index is 12.8. The van der Waals surface area contributed by atoms with E-state index in [1.807, 2.05) is 0 Å². The summed E-state index contributed by atoms with van der Waals surface area (Å²) in [6.07, 6.45) is 10.1. The summed E-state index contributed by atoms with van der Waals surface area (Å²) in [6.45, 7) is 6.51. The number of carbonyl (C=O) groups excluding carboxylic acids is 5. The van der Waals surface area contributed by atoms with Crippen molar-refractivity contribution in [1.82, 2.24) is 20.9 Å². The number of unbranched alkanes of at least 4 members (excludes halogenated alkanes) is 4. The van der Waals surface area contributed by atoms with Crippen LogP contribution in [0.5, 0.6) is 0 Å². The number of fused-ring (bicyclic) bond motifs is 2. The molecule has 2 atom stereocenters. The number of esters is 1. The van der Waals surface area contributed by atoms with Crippen molar-refractivity contribution >= 4 is 40.6 Å². The highest BCUT2D eigenvalue weighted by Gasteiger charge is 2.33. The van der Waals surface area contributed by atoms with Gasteiger partial charge in [-0.2, -0.15) is 0 Å². The van der Waals surface area contributed by atoms with E-state index >= 15 is 0 Å². The molecule has 1 aliphatic rings. The molecule has 3 amide bonds. The van der Waals surface area contributed by atoms with Crippen LogP contribution in [0.4, 0.5) is 0 Å². The summed E-state index contributed by atoms with van der Waals surface area (Å²) >= 11 is 1.28. The molecule has 12 heteroatoms. The average Bonchev–Trinajstić information content (AvgIpc) is 3.35. The van der Waals surface area contributed by atoms with Crippen LogP contribution >= 0.6 is 11.8 Å². The molecule has 0 fully saturated rings. The van der Waals surface area contributed by atoms with Gasteiger partial charge < -0.3 is 25.1 Å². The Morgan fingerprint density at radius 3 is 2.67 bits per heavy atom. The van der Waals surface area contributed by atoms with Crippen LogP contribution in [0.3, 0.4) is 0 Å². The summed E-state index contributed by atoms with van der Waals surface area (Å²) < 4.78 is 10.8. The Balaban J connectivity index is 2.00. The van der Waals surface area contributed by atoms with Crippen LogP contribution in [-0.4, -0.2) is 57.2 Å². The van der Waals surface area contributed by atoms with E-state index in [1.54, 1.807) is 12.2 Å².